The first-order chi connectivity index (χ1) is 19.5. The van der Waals surface area contributed by atoms with Gasteiger partial charge in [-0.25, -0.2) is 4.79 Å². The number of para-hydroxylation sites is 2. The fraction of sp³-hybridized carbons (Fsp3) is 0.212. The Bertz CT molecular complexity index is 1600. The van der Waals surface area contributed by atoms with Gasteiger partial charge in [-0.1, -0.05) is 86.1 Å². The lowest BCUT2D eigenvalue weighted by Gasteiger charge is -2.18. The highest BCUT2D eigenvalue weighted by Crippen LogP contribution is 2.36. The van der Waals surface area contributed by atoms with E-state index in [0.717, 1.165) is 57.0 Å². The minimum atomic E-state index is -1.03. The van der Waals surface area contributed by atoms with Crippen molar-refractivity contribution in [2.75, 3.05) is 13.2 Å². The molecule has 1 atom stereocenters. The lowest BCUT2D eigenvalue weighted by molar-refractivity contribution is -0.137. The molecule has 1 aromatic heterocycles. The van der Waals surface area contributed by atoms with Crippen LogP contribution in [0.25, 0.3) is 44.2 Å². The number of fused-ring (bicyclic) bond motifs is 3. The molecule has 4 aromatic carbocycles. The summed E-state index contributed by atoms with van der Waals surface area (Å²) in [4.78, 5) is 23.2. The number of alkyl carbamates (subject to hydrolysis) is 1. The third-order valence-electron chi connectivity index (χ3n) is 6.71. The van der Waals surface area contributed by atoms with E-state index in [2.05, 4.69) is 53.8 Å². The van der Waals surface area contributed by atoms with Crippen LogP contribution in [0.3, 0.4) is 0 Å². The maximum Gasteiger partial charge on any atom is 0.407 e. The first kappa shape index (κ1) is 26.8. The van der Waals surface area contributed by atoms with E-state index in [4.69, 9.17) is 13.9 Å². The van der Waals surface area contributed by atoms with Crippen LogP contribution in [0.2, 0.25) is 0 Å². The fourth-order valence-electron chi connectivity index (χ4n) is 4.64. The highest BCUT2D eigenvalue weighted by atomic mass is 16.5. The molecular formula is C33H31NO6. The molecule has 0 aliphatic carbocycles. The van der Waals surface area contributed by atoms with Gasteiger partial charge in [0, 0.05) is 16.3 Å². The highest BCUT2D eigenvalue weighted by molar-refractivity contribution is 6.09. The third kappa shape index (κ3) is 6.26. The Labute approximate surface area is 232 Å². The minimum absolute atomic E-state index is 0.0105. The minimum Gasteiger partial charge on any atom is -0.491 e. The molecule has 40 heavy (non-hydrogen) atoms. The van der Waals surface area contributed by atoms with E-state index in [1.165, 1.54) is 0 Å². The number of carbonyl (C=O) groups excluding carboxylic acids is 1. The first-order valence-electron chi connectivity index (χ1n) is 13.4. The van der Waals surface area contributed by atoms with Crippen molar-refractivity contribution in [1.82, 2.24) is 5.32 Å². The van der Waals surface area contributed by atoms with Crippen LogP contribution in [0.5, 0.6) is 5.75 Å². The number of carboxylic acid groups (broad SMARTS) is 1. The number of hydrogen-bond donors (Lipinski definition) is 2. The molecule has 0 spiro atoms. The average molecular weight is 538 g/mol. The predicted molar refractivity (Wildman–Crippen MR) is 156 cm³/mol. The van der Waals surface area contributed by atoms with Crippen molar-refractivity contribution in [2.45, 2.75) is 32.2 Å². The summed E-state index contributed by atoms with van der Waals surface area (Å²) in [5.74, 6) is -0.453. The molecule has 204 valence electrons. The molecule has 0 saturated carbocycles. The van der Waals surface area contributed by atoms with Gasteiger partial charge in [-0.2, -0.15) is 0 Å². The zero-order valence-electron chi connectivity index (χ0n) is 22.3. The zero-order chi connectivity index (χ0) is 27.9. The molecule has 0 aliphatic heterocycles. The molecule has 5 aromatic rings. The Kier molecular flexibility index (Phi) is 8.30. The Balaban J connectivity index is 1.25. The lowest BCUT2D eigenvalue weighted by atomic mass is 9.99. The molecule has 1 unspecified atom stereocenters. The van der Waals surface area contributed by atoms with Crippen molar-refractivity contribution in [3.63, 3.8) is 0 Å². The van der Waals surface area contributed by atoms with Gasteiger partial charge in [-0.15, -0.1) is 0 Å². The largest absolute Gasteiger partial charge is 0.491 e. The van der Waals surface area contributed by atoms with Gasteiger partial charge >= 0.3 is 12.1 Å². The summed E-state index contributed by atoms with van der Waals surface area (Å²) in [6.07, 6.45) is 0.738. The van der Waals surface area contributed by atoms with Gasteiger partial charge in [0.05, 0.1) is 19.1 Å². The van der Waals surface area contributed by atoms with Gasteiger partial charge in [-0.05, 0) is 41.3 Å². The predicted octanol–water partition coefficient (Wildman–Crippen LogP) is 7.67. The summed E-state index contributed by atoms with van der Waals surface area (Å²) in [7, 11) is 0. The van der Waals surface area contributed by atoms with E-state index in [0.29, 0.717) is 12.4 Å². The molecule has 5 rings (SSSR count). The van der Waals surface area contributed by atoms with Crippen molar-refractivity contribution >= 4 is 34.0 Å². The Hall–Kier alpha value is -4.78. The van der Waals surface area contributed by atoms with E-state index in [-0.39, 0.29) is 13.0 Å². The highest BCUT2D eigenvalue weighted by Gasteiger charge is 2.18. The standard InChI is InChI=1S/C33H31NO6/c1-2-3-19-38-33(37)34-25(20-31(35)36)21-39-26-17-15-23(16-18-26)22-11-13-24(14-12-22)27-8-6-9-29-28-7-4-5-10-30(28)40-32(27)29/h4-18,25H,2-3,19-21H2,1H3,(H,34,37)(H,35,36). The molecule has 7 heteroatoms. The number of furan rings is 1. The third-order valence-corrected chi connectivity index (χ3v) is 6.71. The molecule has 0 fully saturated rings. The number of rotatable bonds is 11. The van der Waals surface area contributed by atoms with Crippen LogP contribution in [0.1, 0.15) is 26.2 Å². The SMILES string of the molecule is CCCCOC(=O)NC(COc1ccc(-c2ccc(-c3cccc4c3oc3ccccc34)cc2)cc1)CC(=O)O. The number of aliphatic carboxylic acids is 1. The zero-order valence-corrected chi connectivity index (χ0v) is 22.3. The van der Waals surface area contributed by atoms with Crippen LogP contribution in [-0.4, -0.2) is 36.4 Å². The van der Waals surface area contributed by atoms with E-state index in [1.54, 1.807) is 0 Å². The lowest BCUT2D eigenvalue weighted by Crippen LogP contribution is -2.41. The molecule has 0 bridgehead atoms. The van der Waals surface area contributed by atoms with Crippen molar-refractivity contribution in [3.8, 4) is 28.0 Å². The molecule has 0 aliphatic rings. The second kappa shape index (κ2) is 12.4. The normalized spacial score (nSPS) is 11.8. The second-order valence-corrected chi connectivity index (χ2v) is 9.62. The van der Waals surface area contributed by atoms with Crippen LogP contribution in [0.15, 0.2) is 95.4 Å². The number of nitrogens with one attached hydrogen (secondary N) is 1. The van der Waals surface area contributed by atoms with Crippen LogP contribution >= 0.6 is 0 Å². The maximum absolute atomic E-state index is 12.0. The summed E-state index contributed by atoms with van der Waals surface area (Å²) in [6.45, 7) is 2.30. The monoisotopic (exact) mass is 537 g/mol. The average Bonchev–Trinajstić information content (AvgIpc) is 3.35. The smallest absolute Gasteiger partial charge is 0.407 e. The summed E-state index contributed by atoms with van der Waals surface area (Å²) in [5, 5.41) is 14.0. The van der Waals surface area contributed by atoms with Crippen LogP contribution < -0.4 is 10.1 Å². The van der Waals surface area contributed by atoms with Crippen LogP contribution in [-0.2, 0) is 9.53 Å². The van der Waals surface area contributed by atoms with Gasteiger partial charge in [-0.3, -0.25) is 4.79 Å². The summed E-state index contributed by atoms with van der Waals surface area (Å²) < 4.78 is 17.1. The van der Waals surface area contributed by atoms with Gasteiger partial charge in [0.2, 0.25) is 0 Å². The number of carbonyl (C=O) groups is 2. The number of unbranched alkanes of at least 4 members (excludes halogenated alkanes) is 1. The number of benzene rings is 4. The number of amides is 1. The number of ether oxygens (including phenoxy) is 2. The van der Waals surface area contributed by atoms with Crippen molar-refractivity contribution in [1.29, 1.82) is 0 Å². The van der Waals surface area contributed by atoms with Gasteiger partial charge in [0.15, 0.2) is 0 Å². The number of hydrogen-bond acceptors (Lipinski definition) is 5. The maximum atomic E-state index is 12.0. The van der Waals surface area contributed by atoms with Crippen molar-refractivity contribution in [2.24, 2.45) is 0 Å². The van der Waals surface area contributed by atoms with E-state index in [1.807, 2.05) is 49.4 Å². The molecule has 1 heterocycles. The molecule has 7 nitrogen and oxygen atoms in total. The topological polar surface area (TPSA) is 98.0 Å². The van der Waals surface area contributed by atoms with E-state index in [9.17, 15) is 14.7 Å². The summed E-state index contributed by atoms with van der Waals surface area (Å²) in [5.41, 5.74) is 5.93. The molecule has 2 N–H and O–H groups in total. The van der Waals surface area contributed by atoms with Crippen LogP contribution in [0, 0.1) is 0 Å². The summed E-state index contributed by atoms with van der Waals surface area (Å²) in [6, 6.07) is 29.4. The van der Waals surface area contributed by atoms with Crippen molar-refractivity contribution < 1.29 is 28.6 Å². The molecule has 0 saturated heterocycles. The molecule has 0 radical (unpaired) electrons. The second-order valence-electron chi connectivity index (χ2n) is 9.62. The van der Waals surface area contributed by atoms with E-state index < -0.39 is 18.1 Å². The fourth-order valence-corrected chi connectivity index (χ4v) is 4.64. The summed E-state index contributed by atoms with van der Waals surface area (Å²) >= 11 is 0. The Morgan fingerprint density at radius 2 is 1.52 bits per heavy atom. The Morgan fingerprint density at radius 3 is 2.25 bits per heavy atom. The van der Waals surface area contributed by atoms with Crippen LogP contribution in [0.4, 0.5) is 4.79 Å². The first-order valence-corrected chi connectivity index (χ1v) is 13.4. The Morgan fingerprint density at radius 1 is 0.850 bits per heavy atom. The van der Waals surface area contributed by atoms with Gasteiger partial charge in [0.1, 0.15) is 23.5 Å². The van der Waals surface area contributed by atoms with Gasteiger partial charge in [0.25, 0.3) is 0 Å². The van der Waals surface area contributed by atoms with Crippen molar-refractivity contribution in [3.05, 3.63) is 91.0 Å². The number of carboxylic acids is 1. The molecular weight excluding hydrogens is 506 g/mol. The molecule has 1 amide bonds. The van der Waals surface area contributed by atoms with Gasteiger partial charge < -0.3 is 24.3 Å². The van der Waals surface area contributed by atoms with E-state index >= 15 is 0 Å². The quantitative estimate of drug-likeness (QED) is 0.168.